The minimum Gasteiger partial charge on any atom is -0.491 e. The number of nitrogen functional groups attached to an aromatic ring is 1. The molecule has 2 aromatic heterocycles. The smallest absolute Gasteiger partial charge is 0.261 e. The third kappa shape index (κ3) is 2.76. The molecule has 6 nitrogen and oxygen atoms in total. The van der Waals surface area contributed by atoms with E-state index in [1.807, 2.05) is 6.92 Å². The van der Waals surface area contributed by atoms with E-state index in [2.05, 4.69) is 15.3 Å². The highest BCUT2D eigenvalue weighted by Crippen LogP contribution is 2.46. The van der Waals surface area contributed by atoms with Gasteiger partial charge in [-0.05, 0) is 19.1 Å². The number of nitrogens with zero attached hydrogens (tertiary/aromatic N) is 2. The molecular formula is C17H14Cl2N4O2S. The first kappa shape index (κ1) is 17.3. The maximum Gasteiger partial charge on any atom is 0.261 e. The normalized spacial score (nSPS) is 12.9. The molecule has 0 radical (unpaired) electrons. The summed E-state index contributed by atoms with van der Waals surface area (Å²) in [6.45, 7) is 2.94. The topological polar surface area (TPSA) is 90.1 Å². The van der Waals surface area contributed by atoms with Gasteiger partial charge in [0.05, 0.1) is 27.2 Å². The maximum absolute atomic E-state index is 12.2. The molecule has 134 valence electrons. The van der Waals surface area contributed by atoms with Crippen molar-refractivity contribution < 1.29 is 9.53 Å². The fourth-order valence-corrected chi connectivity index (χ4v) is 4.65. The number of aromatic nitrogens is 2. The highest BCUT2D eigenvalue weighted by molar-refractivity contribution is 7.20. The number of anilines is 1. The van der Waals surface area contributed by atoms with Crippen LogP contribution in [0.25, 0.3) is 21.5 Å². The molecule has 3 aromatic rings. The molecule has 26 heavy (non-hydrogen) atoms. The second kappa shape index (κ2) is 6.57. The van der Waals surface area contributed by atoms with E-state index in [9.17, 15) is 4.79 Å². The molecule has 1 amide bonds. The molecule has 0 aliphatic carbocycles. The van der Waals surface area contributed by atoms with E-state index in [-0.39, 0.29) is 11.9 Å². The van der Waals surface area contributed by atoms with E-state index in [1.54, 1.807) is 12.1 Å². The quantitative estimate of drug-likeness (QED) is 0.684. The minimum absolute atomic E-state index is 0.121. The van der Waals surface area contributed by atoms with Crippen molar-refractivity contribution >= 4 is 56.6 Å². The third-order valence-corrected chi connectivity index (χ3v) is 5.70. The average molecular weight is 409 g/mol. The Bertz CT molecular complexity index is 1050. The van der Waals surface area contributed by atoms with Crippen molar-refractivity contribution in [1.82, 2.24) is 15.3 Å². The average Bonchev–Trinajstić information content (AvgIpc) is 3.21. The largest absolute Gasteiger partial charge is 0.491 e. The Kier molecular flexibility index (Phi) is 4.38. The SMILES string of the molecule is CCNC(=O)c1cc2c(-c3c(Cl)cc(Cl)c4c3CCO4)nc(N)nc2s1. The summed E-state index contributed by atoms with van der Waals surface area (Å²) >= 11 is 14.0. The lowest BCUT2D eigenvalue weighted by atomic mass is 10.00. The van der Waals surface area contributed by atoms with Crippen molar-refractivity contribution in [3.05, 3.63) is 32.6 Å². The minimum atomic E-state index is -0.157. The molecule has 0 spiro atoms. The molecule has 4 rings (SSSR count). The second-order valence-corrected chi connectivity index (χ2v) is 7.59. The summed E-state index contributed by atoms with van der Waals surface area (Å²) in [5.74, 6) is 0.585. The predicted molar refractivity (Wildman–Crippen MR) is 104 cm³/mol. The molecule has 0 unspecified atom stereocenters. The van der Waals surface area contributed by atoms with Gasteiger partial charge in [-0.3, -0.25) is 4.79 Å². The molecule has 1 aliphatic rings. The van der Waals surface area contributed by atoms with Crippen LogP contribution >= 0.6 is 34.5 Å². The lowest BCUT2D eigenvalue weighted by molar-refractivity contribution is 0.0960. The molecule has 1 aliphatic heterocycles. The number of benzene rings is 1. The number of nitrogens with one attached hydrogen (secondary N) is 1. The molecule has 0 atom stereocenters. The zero-order chi connectivity index (χ0) is 18.4. The van der Waals surface area contributed by atoms with Crippen molar-refractivity contribution in [1.29, 1.82) is 0 Å². The van der Waals surface area contributed by atoms with Crippen LogP contribution in [-0.2, 0) is 6.42 Å². The van der Waals surface area contributed by atoms with Crippen LogP contribution < -0.4 is 15.8 Å². The van der Waals surface area contributed by atoms with E-state index in [0.29, 0.717) is 50.8 Å². The number of thiophene rings is 1. The van der Waals surface area contributed by atoms with Crippen LogP contribution in [0, 0.1) is 0 Å². The van der Waals surface area contributed by atoms with Crippen LogP contribution in [0.2, 0.25) is 10.0 Å². The van der Waals surface area contributed by atoms with Crippen molar-refractivity contribution in [2.24, 2.45) is 0 Å². The summed E-state index contributed by atoms with van der Waals surface area (Å²) in [7, 11) is 0. The molecule has 3 heterocycles. The predicted octanol–water partition coefficient (Wildman–Crippen LogP) is 3.93. The Labute approximate surface area is 163 Å². The van der Waals surface area contributed by atoms with Crippen LogP contribution in [0.15, 0.2) is 12.1 Å². The van der Waals surface area contributed by atoms with E-state index >= 15 is 0 Å². The van der Waals surface area contributed by atoms with Gasteiger partial charge in [-0.2, -0.15) is 0 Å². The summed E-state index contributed by atoms with van der Waals surface area (Å²) in [6.07, 6.45) is 0.670. The van der Waals surface area contributed by atoms with Crippen molar-refractivity contribution in [3.8, 4) is 17.0 Å². The third-order valence-electron chi connectivity index (χ3n) is 4.09. The van der Waals surface area contributed by atoms with Crippen LogP contribution in [0.3, 0.4) is 0 Å². The summed E-state index contributed by atoms with van der Waals surface area (Å²) in [5.41, 5.74) is 8.12. The van der Waals surface area contributed by atoms with Gasteiger partial charge in [0.15, 0.2) is 0 Å². The standard InChI is InChI=1S/C17H14Cl2N4O2S/c1-2-21-15(24)11-5-8-13(22-17(20)23-16(8)26-11)12-7-3-4-25-14(7)10(19)6-9(12)18/h5-6H,2-4H2,1H3,(H,21,24)(H2,20,22,23). The molecule has 0 saturated heterocycles. The Morgan fingerprint density at radius 3 is 2.92 bits per heavy atom. The molecule has 9 heteroatoms. The monoisotopic (exact) mass is 408 g/mol. The number of hydrogen-bond donors (Lipinski definition) is 2. The number of rotatable bonds is 3. The molecule has 1 aromatic carbocycles. The maximum atomic E-state index is 12.2. The Hall–Kier alpha value is -2.09. The first-order valence-corrected chi connectivity index (χ1v) is 9.56. The number of nitrogens with two attached hydrogens (primary N) is 1. The number of carbonyl (C=O) groups is 1. The zero-order valence-electron chi connectivity index (χ0n) is 13.7. The highest BCUT2D eigenvalue weighted by atomic mass is 35.5. The summed E-state index contributed by atoms with van der Waals surface area (Å²) in [4.78, 5) is 22.1. The van der Waals surface area contributed by atoms with E-state index in [0.717, 1.165) is 16.5 Å². The van der Waals surface area contributed by atoms with E-state index in [4.69, 9.17) is 33.7 Å². The summed E-state index contributed by atoms with van der Waals surface area (Å²) in [5, 5.41) is 4.44. The van der Waals surface area contributed by atoms with Crippen LogP contribution in [0.4, 0.5) is 5.95 Å². The second-order valence-electron chi connectivity index (χ2n) is 5.74. The molecule has 0 saturated carbocycles. The Morgan fingerprint density at radius 2 is 2.15 bits per heavy atom. The van der Waals surface area contributed by atoms with Gasteiger partial charge in [-0.25, -0.2) is 9.97 Å². The molecular weight excluding hydrogens is 395 g/mol. The van der Waals surface area contributed by atoms with Crippen LogP contribution in [0.1, 0.15) is 22.2 Å². The van der Waals surface area contributed by atoms with E-state index < -0.39 is 0 Å². The lowest BCUT2D eigenvalue weighted by Crippen LogP contribution is -2.21. The van der Waals surface area contributed by atoms with Gasteiger partial charge in [0.1, 0.15) is 10.6 Å². The number of ether oxygens (including phenoxy) is 1. The molecule has 0 fully saturated rings. The van der Waals surface area contributed by atoms with Gasteiger partial charge in [0.25, 0.3) is 5.91 Å². The number of hydrogen-bond acceptors (Lipinski definition) is 6. The van der Waals surface area contributed by atoms with Crippen LogP contribution in [0.5, 0.6) is 5.75 Å². The number of carbonyl (C=O) groups excluding carboxylic acids is 1. The molecule has 3 N–H and O–H groups in total. The number of halogens is 2. The van der Waals surface area contributed by atoms with Gasteiger partial charge in [-0.1, -0.05) is 23.2 Å². The highest BCUT2D eigenvalue weighted by Gasteiger charge is 2.26. The van der Waals surface area contributed by atoms with Gasteiger partial charge in [0, 0.05) is 29.5 Å². The van der Waals surface area contributed by atoms with Gasteiger partial charge >= 0.3 is 0 Å². The summed E-state index contributed by atoms with van der Waals surface area (Å²) < 4.78 is 5.64. The fourth-order valence-electron chi connectivity index (χ4n) is 3.04. The number of amides is 1. The number of fused-ring (bicyclic) bond motifs is 2. The lowest BCUT2D eigenvalue weighted by Gasteiger charge is -2.12. The van der Waals surface area contributed by atoms with Gasteiger partial charge < -0.3 is 15.8 Å². The first-order chi connectivity index (χ1) is 12.5. The molecule has 0 bridgehead atoms. The zero-order valence-corrected chi connectivity index (χ0v) is 16.1. The van der Waals surface area contributed by atoms with Crippen LogP contribution in [-0.4, -0.2) is 29.0 Å². The van der Waals surface area contributed by atoms with Gasteiger partial charge in [0.2, 0.25) is 5.95 Å². The fraction of sp³-hybridized carbons (Fsp3) is 0.235. The van der Waals surface area contributed by atoms with Crippen molar-refractivity contribution in [3.63, 3.8) is 0 Å². The van der Waals surface area contributed by atoms with Crippen molar-refractivity contribution in [2.45, 2.75) is 13.3 Å². The van der Waals surface area contributed by atoms with Gasteiger partial charge in [-0.15, -0.1) is 11.3 Å². The summed E-state index contributed by atoms with van der Waals surface area (Å²) in [6, 6.07) is 3.41. The first-order valence-electron chi connectivity index (χ1n) is 7.99. The van der Waals surface area contributed by atoms with Crippen molar-refractivity contribution in [2.75, 3.05) is 18.9 Å². The Morgan fingerprint density at radius 1 is 1.35 bits per heavy atom. The van der Waals surface area contributed by atoms with E-state index in [1.165, 1.54) is 11.3 Å². The Balaban J connectivity index is 1.98.